The Bertz CT molecular complexity index is 570. The minimum atomic E-state index is 0.271. The van der Waals surface area contributed by atoms with Crippen LogP contribution in [-0.2, 0) is 6.54 Å². The minimum Gasteiger partial charge on any atom is -0.362 e. The van der Waals surface area contributed by atoms with Gasteiger partial charge in [0.05, 0.1) is 0 Å². The smallest absolute Gasteiger partial charge is 0.182 e. The van der Waals surface area contributed by atoms with E-state index >= 15 is 0 Å². The molecule has 3 nitrogen and oxygen atoms in total. The van der Waals surface area contributed by atoms with E-state index < -0.39 is 0 Å². The van der Waals surface area contributed by atoms with Crippen LogP contribution in [0, 0.1) is 0 Å². The Morgan fingerprint density at radius 3 is 2.86 bits per heavy atom. The molecule has 5 heteroatoms. The van der Waals surface area contributed by atoms with Crippen molar-refractivity contribution in [2.75, 3.05) is 18.9 Å². The normalized spacial score (nSPS) is 12.6. The van der Waals surface area contributed by atoms with Crippen LogP contribution in [0.15, 0.2) is 30.5 Å². The number of nitrogens with one attached hydrogen (secondary N) is 1. The molecular formula is C16H22ClN3S. The van der Waals surface area contributed by atoms with Gasteiger partial charge >= 0.3 is 0 Å². The summed E-state index contributed by atoms with van der Waals surface area (Å²) in [6.07, 6.45) is 3.07. The zero-order chi connectivity index (χ0) is 15.2. The fourth-order valence-corrected chi connectivity index (χ4v) is 3.32. The van der Waals surface area contributed by atoms with Crippen molar-refractivity contribution < 1.29 is 0 Å². The van der Waals surface area contributed by atoms with Gasteiger partial charge in [-0.2, -0.15) is 0 Å². The summed E-state index contributed by atoms with van der Waals surface area (Å²) in [4.78, 5) is 7.96. The van der Waals surface area contributed by atoms with Gasteiger partial charge in [-0.1, -0.05) is 36.7 Å². The summed E-state index contributed by atoms with van der Waals surface area (Å²) in [5.74, 6) is 0. The van der Waals surface area contributed by atoms with Gasteiger partial charge in [-0.3, -0.25) is 4.90 Å². The predicted octanol–water partition coefficient (Wildman–Crippen LogP) is 4.81. The van der Waals surface area contributed by atoms with Crippen molar-refractivity contribution >= 4 is 28.1 Å². The highest BCUT2D eigenvalue weighted by molar-refractivity contribution is 7.15. The molecule has 0 amide bonds. The summed E-state index contributed by atoms with van der Waals surface area (Å²) in [6.45, 7) is 6.18. The number of halogens is 1. The fraction of sp³-hybridized carbons (Fsp3) is 0.438. The van der Waals surface area contributed by atoms with E-state index in [4.69, 9.17) is 11.6 Å². The topological polar surface area (TPSA) is 28.2 Å². The first-order valence-electron chi connectivity index (χ1n) is 7.25. The maximum absolute atomic E-state index is 6.28. The van der Waals surface area contributed by atoms with Gasteiger partial charge in [-0.25, -0.2) is 4.98 Å². The molecular weight excluding hydrogens is 302 g/mol. The molecule has 0 saturated carbocycles. The number of hydrogen-bond donors (Lipinski definition) is 1. The second-order valence-corrected chi connectivity index (χ2v) is 6.69. The Morgan fingerprint density at radius 1 is 1.38 bits per heavy atom. The first-order chi connectivity index (χ1) is 10.1. The van der Waals surface area contributed by atoms with Crippen molar-refractivity contribution in [3.8, 4) is 0 Å². The van der Waals surface area contributed by atoms with Gasteiger partial charge in [0, 0.05) is 35.2 Å². The molecule has 1 atom stereocenters. The number of nitrogens with zero attached hydrogens (tertiary/aromatic N) is 2. The number of thiazole rings is 1. The Morgan fingerprint density at radius 2 is 2.14 bits per heavy atom. The lowest BCUT2D eigenvalue weighted by atomic mass is 10.1. The summed E-state index contributed by atoms with van der Waals surface area (Å²) >= 11 is 8.00. The standard InChI is InChI=1S/C16H22ClN3S/c1-4-9-18-16-19-10-13(21-16)11-20(3)12(2)14-7-5-6-8-15(14)17/h5-8,10,12H,4,9,11H2,1-3H3,(H,18,19). The molecule has 2 rings (SSSR count). The minimum absolute atomic E-state index is 0.271. The fourth-order valence-electron chi connectivity index (χ4n) is 2.13. The van der Waals surface area contributed by atoms with Crippen LogP contribution in [-0.4, -0.2) is 23.5 Å². The molecule has 114 valence electrons. The number of aromatic nitrogens is 1. The van der Waals surface area contributed by atoms with Crippen LogP contribution in [0.1, 0.15) is 36.8 Å². The number of benzene rings is 1. The molecule has 0 aliphatic heterocycles. The summed E-state index contributed by atoms with van der Waals surface area (Å²) in [7, 11) is 2.12. The van der Waals surface area contributed by atoms with Crippen molar-refractivity contribution in [1.82, 2.24) is 9.88 Å². The lowest BCUT2D eigenvalue weighted by Crippen LogP contribution is -2.21. The SMILES string of the molecule is CCCNc1ncc(CN(C)C(C)c2ccccc2Cl)s1. The van der Waals surface area contributed by atoms with Crippen LogP contribution in [0.3, 0.4) is 0 Å². The van der Waals surface area contributed by atoms with Crippen LogP contribution >= 0.6 is 22.9 Å². The van der Waals surface area contributed by atoms with Crippen molar-refractivity contribution in [3.05, 3.63) is 45.9 Å². The monoisotopic (exact) mass is 323 g/mol. The predicted molar refractivity (Wildman–Crippen MR) is 92.2 cm³/mol. The average Bonchev–Trinajstić information content (AvgIpc) is 2.92. The molecule has 0 aliphatic rings. The second-order valence-electron chi connectivity index (χ2n) is 5.17. The molecule has 2 aromatic rings. The van der Waals surface area contributed by atoms with Crippen LogP contribution in [0.25, 0.3) is 0 Å². The molecule has 0 fully saturated rings. The van der Waals surface area contributed by atoms with Gasteiger partial charge in [0.25, 0.3) is 0 Å². The molecule has 21 heavy (non-hydrogen) atoms. The number of anilines is 1. The first kappa shape index (κ1) is 16.3. The van der Waals surface area contributed by atoms with Gasteiger partial charge in [0.1, 0.15) is 0 Å². The third-order valence-electron chi connectivity index (χ3n) is 3.50. The first-order valence-corrected chi connectivity index (χ1v) is 8.44. The van der Waals surface area contributed by atoms with Gasteiger partial charge in [0.15, 0.2) is 5.13 Å². The molecule has 0 radical (unpaired) electrons. The number of hydrogen-bond acceptors (Lipinski definition) is 4. The molecule has 0 aliphatic carbocycles. The summed E-state index contributed by atoms with van der Waals surface area (Å²) in [6, 6.07) is 8.30. The van der Waals surface area contributed by atoms with Crippen molar-refractivity contribution in [2.24, 2.45) is 0 Å². The van der Waals surface area contributed by atoms with E-state index in [1.54, 1.807) is 11.3 Å². The van der Waals surface area contributed by atoms with Crippen molar-refractivity contribution in [3.63, 3.8) is 0 Å². The van der Waals surface area contributed by atoms with E-state index in [0.29, 0.717) is 0 Å². The molecule has 1 aromatic carbocycles. The highest BCUT2D eigenvalue weighted by Gasteiger charge is 2.15. The second kappa shape index (κ2) is 7.78. The van der Waals surface area contributed by atoms with Crippen LogP contribution in [0.2, 0.25) is 5.02 Å². The molecule has 1 N–H and O–H groups in total. The van der Waals surface area contributed by atoms with E-state index in [1.165, 1.54) is 4.88 Å². The molecule has 1 heterocycles. The van der Waals surface area contributed by atoms with E-state index in [2.05, 4.69) is 42.2 Å². The van der Waals surface area contributed by atoms with E-state index in [0.717, 1.165) is 35.2 Å². The Hall–Kier alpha value is -1.10. The highest BCUT2D eigenvalue weighted by atomic mass is 35.5. The van der Waals surface area contributed by atoms with Crippen LogP contribution in [0.4, 0.5) is 5.13 Å². The highest BCUT2D eigenvalue weighted by Crippen LogP contribution is 2.28. The van der Waals surface area contributed by atoms with E-state index in [-0.39, 0.29) is 6.04 Å². The average molecular weight is 324 g/mol. The zero-order valence-corrected chi connectivity index (χ0v) is 14.3. The Labute approximate surface area is 136 Å². The van der Waals surface area contributed by atoms with Gasteiger partial charge < -0.3 is 5.32 Å². The third-order valence-corrected chi connectivity index (χ3v) is 4.79. The zero-order valence-electron chi connectivity index (χ0n) is 12.8. The summed E-state index contributed by atoms with van der Waals surface area (Å²) in [5.41, 5.74) is 1.16. The molecule has 1 aromatic heterocycles. The molecule has 1 unspecified atom stereocenters. The maximum Gasteiger partial charge on any atom is 0.182 e. The van der Waals surface area contributed by atoms with E-state index in [9.17, 15) is 0 Å². The van der Waals surface area contributed by atoms with Crippen molar-refractivity contribution in [1.29, 1.82) is 0 Å². The summed E-state index contributed by atoms with van der Waals surface area (Å²) in [5, 5.41) is 5.16. The Balaban J connectivity index is 1.99. The summed E-state index contributed by atoms with van der Waals surface area (Å²) < 4.78 is 0. The van der Waals surface area contributed by atoms with Gasteiger partial charge in [0.2, 0.25) is 0 Å². The molecule has 0 saturated heterocycles. The van der Waals surface area contributed by atoms with Crippen molar-refractivity contribution in [2.45, 2.75) is 32.9 Å². The number of rotatable bonds is 7. The van der Waals surface area contributed by atoms with Crippen LogP contribution < -0.4 is 5.32 Å². The lowest BCUT2D eigenvalue weighted by Gasteiger charge is -2.25. The molecule has 0 bridgehead atoms. The maximum atomic E-state index is 6.28. The molecule has 0 spiro atoms. The Kier molecular flexibility index (Phi) is 6.03. The van der Waals surface area contributed by atoms with E-state index in [1.807, 2.05) is 24.4 Å². The van der Waals surface area contributed by atoms with Gasteiger partial charge in [-0.05, 0) is 32.0 Å². The van der Waals surface area contributed by atoms with Gasteiger partial charge in [-0.15, -0.1) is 11.3 Å². The quantitative estimate of drug-likeness (QED) is 0.792. The third kappa shape index (κ3) is 4.43. The largest absolute Gasteiger partial charge is 0.362 e. The lowest BCUT2D eigenvalue weighted by molar-refractivity contribution is 0.255. The van der Waals surface area contributed by atoms with Crippen LogP contribution in [0.5, 0.6) is 0 Å².